The number of hydrogen-bond acceptors (Lipinski definition) is 7. The molecule has 2 aromatic carbocycles. The lowest BCUT2D eigenvalue weighted by Gasteiger charge is -2.39. The second-order valence-corrected chi connectivity index (χ2v) is 10.5. The van der Waals surface area contributed by atoms with Crippen LogP contribution < -0.4 is 14.2 Å². The fourth-order valence-corrected chi connectivity index (χ4v) is 5.29. The van der Waals surface area contributed by atoms with Gasteiger partial charge in [0.2, 0.25) is 5.88 Å². The van der Waals surface area contributed by atoms with Crippen molar-refractivity contribution in [1.29, 1.82) is 0 Å². The number of rotatable bonds is 10. The van der Waals surface area contributed by atoms with Gasteiger partial charge in [-0.15, -0.1) is 0 Å². The zero-order valence-corrected chi connectivity index (χ0v) is 24.2. The smallest absolute Gasteiger partial charge is 0.217 e. The maximum atomic E-state index is 12.9. The second-order valence-electron chi connectivity index (χ2n) is 9.61. The van der Waals surface area contributed by atoms with Crippen molar-refractivity contribution in [2.45, 2.75) is 24.9 Å². The number of nitrogens with zero attached hydrogens (tertiary/aromatic N) is 3. The van der Waals surface area contributed by atoms with Crippen LogP contribution in [-0.4, -0.2) is 61.9 Å². The van der Waals surface area contributed by atoms with E-state index in [1.165, 1.54) is 0 Å². The zero-order valence-electron chi connectivity index (χ0n) is 22.7. The van der Waals surface area contributed by atoms with Crippen LogP contribution in [0.1, 0.15) is 34.7 Å². The topological polar surface area (TPSA) is 76.9 Å². The van der Waals surface area contributed by atoms with Gasteiger partial charge in [0.05, 0.1) is 32.8 Å². The third-order valence-electron chi connectivity index (χ3n) is 6.85. The summed E-state index contributed by atoms with van der Waals surface area (Å²) < 4.78 is 18.3. The van der Waals surface area contributed by atoms with E-state index < -0.39 is 11.5 Å². The molecule has 0 unspecified atom stereocenters. The maximum absolute atomic E-state index is 12.9. The van der Waals surface area contributed by atoms with E-state index in [4.69, 9.17) is 19.2 Å². The molecule has 38 heavy (non-hydrogen) atoms. The van der Waals surface area contributed by atoms with Crippen LogP contribution in [0, 0.1) is 6.92 Å². The lowest BCUT2D eigenvalue weighted by Crippen LogP contribution is -2.38. The Morgan fingerprint density at radius 2 is 1.76 bits per heavy atom. The first-order chi connectivity index (χ1) is 18.2. The van der Waals surface area contributed by atoms with E-state index in [2.05, 4.69) is 25.8 Å². The van der Waals surface area contributed by atoms with Crippen LogP contribution in [0.15, 0.2) is 65.3 Å². The van der Waals surface area contributed by atoms with Crippen molar-refractivity contribution in [3.05, 3.63) is 87.7 Å². The van der Waals surface area contributed by atoms with Gasteiger partial charge in [-0.3, -0.25) is 4.98 Å². The predicted molar refractivity (Wildman–Crippen MR) is 153 cm³/mol. The van der Waals surface area contributed by atoms with Crippen LogP contribution in [0.25, 0.3) is 10.9 Å². The maximum Gasteiger partial charge on any atom is 0.217 e. The van der Waals surface area contributed by atoms with Crippen molar-refractivity contribution in [3.63, 3.8) is 0 Å². The minimum atomic E-state index is -1.40. The van der Waals surface area contributed by atoms with Gasteiger partial charge in [-0.05, 0) is 63.8 Å². The van der Waals surface area contributed by atoms with Gasteiger partial charge in [0.1, 0.15) is 5.60 Å². The second kappa shape index (κ2) is 11.7. The number of methoxy groups -OCH3 is 3. The lowest BCUT2D eigenvalue weighted by molar-refractivity contribution is 0.00284. The number of halogens is 1. The number of fused-ring (bicyclic) bond motifs is 1. The Balaban J connectivity index is 2.10. The van der Waals surface area contributed by atoms with Gasteiger partial charge in [-0.2, -0.15) is 0 Å². The molecule has 1 N–H and O–H groups in total. The molecular formula is C30H34BrN3O4. The average molecular weight is 581 g/mol. The first kappa shape index (κ1) is 27.8. The van der Waals surface area contributed by atoms with E-state index in [0.717, 1.165) is 32.2 Å². The summed E-state index contributed by atoms with van der Waals surface area (Å²) in [5.74, 6) is 0.906. The highest BCUT2D eigenvalue weighted by Gasteiger charge is 2.44. The highest BCUT2D eigenvalue weighted by atomic mass is 79.9. The molecule has 0 aliphatic rings. The summed E-state index contributed by atoms with van der Waals surface area (Å²) >= 11 is 3.58. The van der Waals surface area contributed by atoms with E-state index in [1.807, 2.05) is 75.6 Å². The number of pyridine rings is 2. The number of para-hydroxylation sites is 1. The molecule has 200 valence electrons. The quantitative estimate of drug-likeness (QED) is 0.258. The minimum absolute atomic E-state index is 0.412. The molecule has 8 heteroatoms. The van der Waals surface area contributed by atoms with E-state index in [9.17, 15) is 5.11 Å². The molecule has 4 aromatic rings. The van der Waals surface area contributed by atoms with Gasteiger partial charge in [-0.1, -0.05) is 34.1 Å². The number of aliphatic hydroxyl groups is 1. The standard InChI is InChI=1S/C30H34BrN3O4/c1-19-10-11-21(18-32-19)30(35,14-15-34(2)3)27(23-8-7-9-26(36-4)28(23)37-5)24-17-20-16-22(31)12-13-25(20)33-29(24)38-6/h7-13,16-18,27,35H,14-15H2,1-6H3/t27-,30-/m1/s1. The molecule has 0 aliphatic carbocycles. The molecule has 0 amide bonds. The summed E-state index contributed by atoms with van der Waals surface area (Å²) in [4.78, 5) is 11.4. The van der Waals surface area contributed by atoms with Gasteiger partial charge >= 0.3 is 0 Å². The summed E-state index contributed by atoms with van der Waals surface area (Å²) in [5.41, 5.74) is 2.43. The molecular weight excluding hydrogens is 546 g/mol. The fourth-order valence-electron chi connectivity index (χ4n) is 4.91. The van der Waals surface area contributed by atoms with Gasteiger partial charge in [0.15, 0.2) is 11.5 Å². The molecule has 0 spiro atoms. The average Bonchev–Trinajstić information content (AvgIpc) is 2.91. The van der Waals surface area contributed by atoms with Crippen molar-refractivity contribution < 1.29 is 19.3 Å². The molecule has 0 radical (unpaired) electrons. The van der Waals surface area contributed by atoms with Crippen LogP contribution in [-0.2, 0) is 5.60 Å². The Kier molecular flexibility index (Phi) is 8.55. The molecule has 0 aliphatic heterocycles. The largest absolute Gasteiger partial charge is 0.493 e. The molecule has 2 heterocycles. The van der Waals surface area contributed by atoms with Crippen LogP contribution in [0.3, 0.4) is 0 Å². The number of ether oxygens (including phenoxy) is 3. The molecule has 7 nitrogen and oxygen atoms in total. The molecule has 0 saturated carbocycles. The van der Waals surface area contributed by atoms with Crippen molar-refractivity contribution in [2.24, 2.45) is 0 Å². The van der Waals surface area contributed by atoms with Crippen LogP contribution in [0.4, 0.5) is 0 Å². The first-order valence-electron chi connectivity index (χ1n) is 12.4. The highest BCUT2D eigenvalue weighted by molar-refractivity contribution is 9.10. The Morgan fingerprint density at radius 3 is 2.39 bits per heavy atom. The summed E-state index contributed by atoms with van der Waals surface area (Å²) in [6, 6.07) is 17.5. The molecule has 4 rings (SSSR count). The van der Waals surface area contributed by atoms with Gasteiger partial charge < -0.3 is 24.2 Å². The van der Waals surface area contributed by atoms with E-state index in [-0.39, 0.29) is 0 Å². The van der Waals surface area contributed by atoms with E-state index in [0.29, 0.717) is 35.9 Å². The Hall–Kier alpha value is -3.20. The normalized spacial score (nSPS) is 13.8. The van der Waals surface area contributed by atoms with Gasteiger partial charge in [0, 0.05) is 45.0 Å². The summed E-state index contributed by atoms with van der Waals surface area (Å²) in [6.07, 6.45) is 2.16. The van der Waals surface area contributed by atoms with Crippen molar-refractivity contribution >= 4 is 26.8 Å². The van der Waals surface area contributed by atoms with E-state index in [1.54, 1.807) is 27.5 Å². The molecule has 0 saturated heterocycles. The number of aromatic nitrogens is 2. The first-order valence-corrected chi connectivity index (χ1v) is 13.2. The molecule has 2 aromatic heterocycles. The third-order valence-corrected chi connectivity index (χ3v) is 7.34. The summed E-state index contributed by atoms with van der Waals surface area (Å²) in [5, 5.41) is 13.8. The van der Waals surface area contributed by atoms with Crippen LogP contribution >= 0.6 is 15.9 Å². The highest BCUT2D eigenvalue weighted by Crippen LogP contribution is 2.51. The van der Waals surface area contributed by atoms with Crippen molar-refractivity contribution in [3.8, 4) is 17.4 Å². The summed E-state index contributed by atoms with van der Waals surface area (Å²) in [6.45, 7) is 2.56. The van der Waals surface area contributed by atoms with Crippen LogP contribution in [0.5, 0.6) is 17.4 Å². The molecule has 0 fully saturated rings. The van der Waals surface area contributed by atoms with Crippen molar-refractivity contribution in [1.82, 2.24) is 14.9 Å². The number of benzene rings is 2. The van der Waals surface area contributed by atoms with Gasteiger partial charge in [0.25, 0.3) is 0 Å². The Bertz CT molecular complexity index is 1410. The Morgan fingerprint density at radius 1 is 0.974 bits per heavy atom. The van der Waals surface area contributed by atoms with E-state index >= 15 is 0 Å². The number of aryl methyl sites for hydroxylation is 1. The zero-order chi connectivity index (χ0) is 27.4. The summed E-state index contributed by atoms with van der Waals surface area (Å²) in [7, 11) is 8.80. The predicted octanol–water partition coefficient (Wildman–Crippen LogP) is 5.70. The lowest BCUT2D eigenvalue weighted by atomic mass is 9.71. The van der Waals surface area contributed by atoms with Gasteiger partial charge in [-0.25, -0.2) is 4.98 Å². The SMILES string of the molecule is COc1cccc([C@H](c2cc3cc(Br)ccc3nc2OC)[C@@](O)(CCN(C)C)c2ccc(C)nc2)c1OC. The molecule has 0 bridgehead atoms. The Labute approximate surface area is 232 Å². The van der Waals surface area contributed by atoms with Crippen LogP contribution in [0.2, 0.25) is 0 Å². The van der Waals surface area contributed by atoms with Crippen molar-refractivity contribution in [2.75, 3.05) is 42.0 Å². The molecule has 2 atom stereocenters. The number of hydrogen-bond donors (Lipinski definition) is 1. The minimum Gasteiger partial charge on any atom is -0.493 e. The monoisotopic (exact) mass is 579 g/mol. The fraction of sp³-hybridized carbons (Fsp3) is 0.333. The third kappa shape index (κ3) is 5.48.